The van der Waals surface area contributed by atoms with Crippen LogP contribution in [0, 0.1) is 10.1 Å². The molecule has 0 radical (unpaired) electrons. The molecule has 2 rings (SSSR count). The number of nitrogens with zero attached hydrogens (tertiary/aromatic N) is 1. The van der Waals surface area contributed by atoms with Gasteiger partial charge in [-0.2, -0.15) is 0 Å². The molecular formula is C14H9Cl3N2O3. The summed E-state index contributed by atoms with van der Waals surface area (Å²) in [5.74, 6) is -0.371. The highest BCUT2D eigenvalue weighted by Crippen LogP contribution is 2.38. The minimum absolute atomic E-state index is 0.0509. The van der Waals surface area contributed by atoms with Crippen LogP contribution in [0.25, 0.3) is 0 Å². The van der Waals surface area contributed by atoms with Gasteiger partial charge >= 0.3 is 0 Å². The van der Waals surface area contributed by atoms with E-state index in [1.807, 2.05) is 0 Å². The van der Waals surface area contributed by atoms with Gasteiger partial charge in [-0.05, 0) is 24.3 Å². The summed E-state index contributed by atoms with van der Waals surface area (Å²) in [4.78, 5) is 22.1. The predicted molar refractivity (Wildman–Crippen MR) is 86.7 cm³/mol. The first-order valence-electron chi connectivity index (χ1n) is 6.00. The summed E-state index contributed by atoms with van der Waals surface area (Å²) in [5, 5.41) is 13.2. The average Bonchev–Trinajstić information content (AvgIpc) is 2.47. The lowest BCUT2D eigenvalue weighted by atomic mass is 10.1. The maximum atomic E-state index is 12.0. The number of anilines is 1. The molecule has 5 nitrogen and oxygen atoms in total. The number of nitro benzene ring substituents is 1. The van der Waals surface area contributed by atoms with Gasteiger partial charge < -0.3 is 5.32 Å². The predicted octanol–water partition coefficient (Wildman–Crippen LogP) is 4.67. The second-order valence-corrected chi connectivity index (χ2v) is 6.61. The number of nitro groups is 1. The number of hydrogen-bond donors (Lipinski definition) is 1. The highest BCUT2D eigenvalue weighted by molar-refractivity contribution is 6.66. The number of halogens is 3. The molecule has 0 heterocycles. The molecule has 0 saturated heterocycles. The van der Waals surface area contributed by atoms with Crippen LogP contribution in [0.15, 0.2) is 48.5 Å². The topological polar surface area (TPSA) is 72.2 Å². The zero-order chi connectivity index (χ0) is 16.3. The summed E-state index contributed by atoms with van der Waals surface area (Å²) < 4.78 is -1.55. The Hall–Kier alpha value is -1.82. The molecule has 22 heavy (non-hydrogen) atoms. The second-order valence-electron chi connectivity index (χ2n) is 4.33. The second kappa shape index (κ2) is 6.52. The van der Waals surface area contributed by atoms with E-state index in [4.69, 9.17) is 34.8 Å². The lowest BCUT2D eigenvalue weighted by Crippen LogP contribution is -2.12. The molecule has 0 bridgehead atoms. The molecule has 2 aromatic rings. The Labute approximate surface area is 140 Å². The van der Waals surface area contributed by atoms with Crippen molar-refractivity contribution in [3.05, 3.63) is 69.8 Å². The normalized spacial score (nSPS) is 11.0. The fraction of sp³-hybridized carbons (Fsp3) is 0.0714. The first kappa shape index (κ1) is 16.5. The van der Waals surface area contributed by atoms with E-state index in [1.54, 1.807) is 0 Å². The molecule has 0 unspecified atom stereocenters. The van der Waals surface area contributed by atoms with E-state index >= 15 is 0 Å². The summed E-state index contributed by atoms with van der Waals surface area (Å²) in [6.45, 7) is 0. The molecule has 0 saturated carbocycles. The van der Waals surface area contributed by atoms with Crippen LogP contribution in [0.3, 0.4) is 0 Å². The Kier molecular flexibility index (Phi) is 4.90. The standard InChI is InChI=1S/C14H9Cl3N2O3/c15-14(16,17)10-3-1-9(2-4-10)13(20)18-11-5-7-12(8-6-11)19(21)22/h1-8H,(H,18,20). The van der Waals surface area contributed by atoms with Crippen LogP contribution in [0.4, 0.5) is 11.4 Å². The molecular weight excluding hydrogens is 351 g/mol. The van der Waals surface area contributed by atoms with E-state index in [1.165, 1.54) is 48.5 Å². The van der Waals surface area contributed by atoms with Gasteiger partial charge in [-0.3, -0.25) is 14.9 Å². The molecule has 0 fully saturated rings. The van der Waals surface area contributed by atoms with Crippen LogP contribution in [-0.4, -0.2) is 10.8 Å². The number of amides is 1. The molecule has 0 atom stereocenters. The van der Waals surface area contributed by atoms with Crippen LogP contribution in [-0.2, 0) is 3.79 Å². The Morgan fingerprint density at radius 1 is 1.00 bits per heavy atom. The number of carbonyl (C=O) groups excluding carboxylic acids is 1. The van der Waals surface area contributed by atoms with Crippen molar-refractivity contribution in [2.24, 2.45) is 0 Å². The molecule has 0 aliphatic carbocycles. The zero-order valence-corrected chi connectivity index (χ0v) is 13.2. The molecule has 1 N–H and O–H groups in total. The molecule has 0 spiro atoms. The minimum atomic E-state index is -1.55. The third-order valence-electron chi connectivity index (χ3n) is 2.81. The van der Waals surface area contributed by atoms with E-state index in [0.717, 1.165) is 0 Å². The SMILES string of the molecule is O=C(Nc1ccc([N+](=O)[O-])cc1)c1ccc(C(Cl)(Cl)Cl)cc1. The average molecular weight is 360 g/mol. The number of nitrogens with one attached hydrogen (secondary N) is 1. The van der Waals surface area contributed by atoms with E-state index in [2.05, 4.69) is 5.32 Å². The molecule has 8 heteroatoms. The third-order valence-corrected chi connectivity index (χ3v) is 3.47. The number of non-ortho nitro benzene ring substituents is 1. The van der Waals surface area contributed by atoms with Gasteiger partial charge in [0.25, 0.3) is 11.6 Å². The lowest BCUT2D eigenvalue weighted by molar-refractivity contribution is -0.384. The van der Waals surface area contributed by atoms with E-state index < -0.39 is 8.72 Å². The smallest absolute Gasteiger partial charge is 0.269 e. The summed E-state index contributed by atoms with van der Waals surface area (Å²) in [6.07, 6.45) is 0. The van der Waals surface area contributed by atoms with Crippen molar-refractivity contribution in [1.82, 2.24) is 0 Å². The van der Waals surface area contributed by atoms with Crippen molar-refractivity contribution in [3.63, 3.8) is 0 Å². The molecule has 2 aromatic carbocycles. The Balaban J connectivity index is 2.10. The summed E-state index contributed by atoms with van der Waals surface area (Å²) >= 11 is 17.2. The number of rotatable bonds is 3. The Morgan fingerprint density at radius 2 is 1.55 bits per heavy atom. The molecule has 114 valence electrons. The molecule has 0 aliphatic rings. The van der Waals surface area contributed by atoms with Gasteiger partial charge in [-0.1, -0.05) is 46.9 Å². The fourth-order valence-corrected chi connectivity index (χ4v) is 2.06. The highest BCUT2D eigenvalue weighted by Gasteiger charge is 2.22. The number of alkyl halides is 3. The number of carbonyl (C=O) groups is 1. The summed E-state index contributed by atoms with van der Waals surface area (Å²) in [6, 6.07) is 11.6. The molecule has 0 aliphatic heterocycles. The maximum absolute atomic E-state index is 12.0. The van der Waals surface area contributed by atoms with Gasteiger partial charge in [-0.25, -0.2) is 0 Å². The van der Waals surface area contributed by atoms with Crippen molar-refractivity contribution in [2.45, 2.75) is 3.79 Å². The first-order valence-corrected chi connectivity index (χ1v) is 7.14. The van der Waals surface area contributed by atoms with Crippen molar-refractivity contribution < 1.29 is 9.72 Å². The summed E-state index contributed by atoms with van der Waals surface area (Å²) in [5.41, 5.74) is 1.21. The van der Waals surface area contributed by atoms with E-state index in [-0.39, 0.29) is 11.6 Å². The van der Waals surface area contributed by atoms with Crippen molar-refractivity contribution >= 4 is 52.1 Å². The van der Waals surface area contributed by atoms with E-state index in [9.17, 15) is 14.9 Å². The van der Waals surface area contributed by atoms with Gasteiger partial charge in [0.1, 0.15) is 0 Å². The van der Waals surface area contributed by atoms with Gasteiger partial charge in [0.2, 0.25) is 3.79 Å². The number of benzene rings is 2. The molecule has 0 aromatic heterocycles. The van der Waals surface area contributed by atoms with E-state index in [0.29, 0.717) is 16.8 Å². The van der Waals surface area contributed by atoms with Crippen LogP contribution < -0.4 is 5.32 Å². The van der Waals surface area contributed by atoms with Crippen molar-refractivity contribution in [2.75, 3.05) is 5.32 Å². The highest BCUT2D eigenvalue weighted by atomic mass is 35.6. The van der Waals surface area contributed by atoms with Crippen LogP contribution in [0.2, 0.25) is 0 Å². The Morgan fingerprint density at radius 3 is 2.00 bits per heavy atom. The fourth-order valence-electron chi connectivity index (χ4n) is 1.68. The Bertz CT molecular complexity index is 695. The lowest BCUT2D eigenvalue weighted by Gasteiger charge is -2.11. The summed E-state index contributed by atoms with van der Waals surface area (Å²) in [7, 11) is 0. The van der Waals surface area contributed by atoms with Crippen molar-refractivity contribution in [3.8, 4) is 0 Å². The van der Waals surface area contributed by atoms with Gasteiger partial charge in [0, 0.05) is 28.9 Å². The zero-order valence-electron chi connectivity index (χ0n) is 10.9. The van der Waals surface area contributed by atoms with Gasteiger partial charge in [0.15, 0.2) is 0 Å². The largest absolute Gasteiger partial charge is 0.322 e. The monoisotopic (exact) mass is 358 g/mol. The quantitative estimate of drug-likeness (QED) is 0.491. The van der Waals surface area contributed by atoms with Crippen LogP contribution in [0.5, 0.6) is 0 Å². The number of hydrogen-bond acceptors (Lipinski definition) is 3. The van der Waals surface area contributed by atoms with Crippen LogP contribution >= 0.6 is 34.8 Å². The van der Waals surface area contributed by atoms with Crippen molar-refractivity contribution in [1.29, 1.82) is 0 Å². The van der Waals surface area contributed by atoms with Crippen LogP contribution in [0.1, 0.15) is 15.9 Å². The molecule has 1 amide bonds. The third kappa shape index (κ3) is 4.10. The minimum Gasteiger partial charge on any atom is -0.322 e. The van der Waals surface area contributed by atoms with Gasteiger partial charge in [0.05, 0.1) is 4.92 Å². The first-order chi connectivity index (χ1) is 10.3. The maximum Gasteiger partial charge on any atom is 0.269 e. The van der Waals surface area contributed by atoms with Gasteiger partial charge in [-0.15, -0.1) is 0 Å².